The summed E-state index contributed by atoms with van der Waals surface area (Å²) in [5.41, 5.74) is -0.131. The first kappa shape index (κ1) is 33.2. The van der Waals surface area contributed by atoms with Crippen molar-refractivity contribution in [1.29, 1.82) is 0 Å². The minimum absolute atomic E-state index is 0.0301. The molecule has 0 heterocycles. The molecule has 1 unspecified atom stereocenters. The highest BCUT2D eigenvalue weighted by molar-refractivity contribution is 8.00. The minimum Gasteiger partial charge on any atom is -0.496 e. The van der Waals surface area contributed by atoms with E-state index >= 15 is 0 Å². The number of alkyl halides is 3. The Morgan fingerprint density at radius 1 is 0.889 bits per heavy atom. The van der Waals surface area contributed by atoms with Gasteiger partial charge in [0.2, 0.25) is 5.91 Å². The van der Waals surface area contributed by atoms with E-state index in [9.17, 15) is 27.6 Å². The van der Waals surface area contributed by atoms with Crippen LogP contribution in [-0.4, -0.2) is 30.1 Å². The molecular weight excluding hydrogens is 627 g/mol. The monoisotopic (exact) mass is 653 g/mol. The van der Waals surface area contributed by atoms with Crippen LogP contribution in [0.2, 0.25) is 5.02 Å². The van der Waals surface area contributed by atoms with Gasteiger partial charge in [0, 0.05) is 26.7 Å². The number of methoxy groups -OCH3 is 1. The smallest absolute Gasteiger partial charge is 0.418 e. The molecule has 12 heteroatoms. The Kier molecular flexibility index (Phi) is 10.9. The third kappa shape index (κ3) is 9.13. The van der Waals surface area contributed by atoms with Crippen LogP contribution in [0.25, 0.3) is 6.08 Å². The highest BCUT2D eigenvalue weighted by atomic mass is 35.5. The fourth-order valence-corrected chi connectivity index (χ4v) is 5.09. The second-order valence-corrected chi connectivity index (χ2v) is 11.4. The summed E-state index contributed by atoms with van der Waals surface area (Å²) in [4.78, 5) is 39.6. The molecule has 0 bridgehead atoms. The summed E-state index contributed by atoms with van der Waals surface area (Å²) in [6.45, 7) is 1.56. The number of nitrogens with one attached hydrogen (secondary N) is 3. The van der Waals surface area contributed by atoms with Gasteiger partial charge in [-0.15, -0.1) is 11.8 Å². The van der Waals surface area contributed by atoms with Crippen molar-refractivity contribution in [2.45, 2.75) is 23.2 Å². The largest absolute Gasteiger partial charge is 0.496 e. The van der Waals surface area contributed by atoms with Crippen molar-refractivity contribution in [1.82, 2.24) is 5.32 Å². The van der Waals surface area contributed by atoms with Crippen LogP contribution >= 0.6 is 23.4 Å². The molecule has 0 saturated carbocycles. The summed E-state index contributed by atoms with van der Waals surface area (Å²) >= 11 is 6.84. The van der Waals surface area contributed by atoms with Gasteiger partial charge in [0.15, 0.2) is 0 Å². The van der Waals surface area contributed by atoms with Crippen molar-refractivity contribution in [2.75, 3.05) is 17.7 Å². The maximum Gasteiger partial charge on any atom is 0.418 e. The van der Waals surface area contributed by atoms with Gasteiger partial charge in [-0.05, 0) is 73.7 Å². The van der Waals surface area contributed by atoms with E-state index in [2.05, 4.69) is 16.0 Å². The van der Waals surface area contributed by atoms with E-state index in [1.54, 1.807) is 85.8 Å². The number of anilines is 2. The fraction of sp³-hybridized carbons (Fsp3) is 0.121. The molecule has 0 saturated heterocycles. The lowest BCUT2D eigenvalue weighted by Crippen LogP contribution is -2.30. The van der Waals surface area contributed by atoms with Crippen molar-refractivity contribution < 1.29 is 32.3 Å². The zero-order valence-electron chi connectivity index (χ0n) is 23.9. The maximum absolute atomic E-state index is 13.4. The molecule has 3 N–H and O–H groups in total. The molecule has 0 aromatic heterocycles. The van der Waals surface area contributed by atoms with Gasteiger partial charge in [-0.3, -0.25) is 14.4 Å². The van der Waals surface area contributed by atoms with Crippen molar-refractivity contribution >= 4 is 58.5 Å². The Bertz CT molecular complexity index is 1710. The topological polar surface area (TPSA) is 96.5 Å². The second kappa shape index (κ2) is 14.8. The molecule has 232 valence electrons. The molecule has 1 atom stereocenters. The predicted octanol–water partition coefficient (Wildman–Crippen LogP) is 7.90. The van der Waals surface area contributed by atoms with E-state index in [0.29, 0.717) is 27.5 Å². The fourth-order valence-electron chi connectivity index (χ4n) is 4.05. The highest BCUT2D eigenvalue weighted by Crippen LogP contribution is 2.37. The summed E-state index contributed by atoms with van der Waals surface area (Å²) in [5.74, 6) is -1.21. The number of hydrogen-bond donors (Lipinski definition) is 3. The maximum atomic E-state index is 13.4. The summed E-state index contributed by atoms with van der Waals surface area (Å²) in [7, 11) is 1.50. The van der Waals surface area contributed by atoms with Crippen molar-refractivity contribution in [3.63, 3.8) is 0 Å². The number of halogens is 4. The molecule has 4 rings (SSSR count). The zero-order chi connectivity index (χ0) is 32.6. The second-order valence-electron chi connectivity index (χ2n) is 9.54. The third-order valence-corrected chi connectivity index (χ3v) is 7.65. The Hall–Kier alpha value is -4.74. The minimum atomic E-state index is -4.70. The number of rotatable bonds is 10. The van der Waals surface area contributed by atoms with E-state index in [-0.39, 0.29) is 10.7 Å². The number of carbonyl (C=O) groups is 3. The number of benzene rings is 4. The van der Waals surface area contributed by atoms with Crippen LogP contribution < -0.4 is 20.7 Å². The first-order valence-electron chi connectivity index (χ1n) is 13.4. The summed E-state index contributed by atoms with van der Waals surface area (Å²) in [6, 6.07) is 25.1. The summed E-state index contributed by atoms with van der Waals surface area (Å²) < 4.78 is 45.6. The number of thioether (sulfide) groups is 1. The van der Waals surface area contributed by atoms with Gasteiger partial charge in [-0.1, -0.05) is 48.0 Å². The molecule has 0 aliphatic carbocycles. The highest BCUT2D eigenvalue weighted by Gasteiger charge is 2.34. The summed E-state index contributed by atoms with van der Waals surface area (Å²) in [6.07, 6.45) is -3.19. The molecular formula is C33H27ClF3N3O4S. The lowest BCUT2D eigenvalue weighted by Gasteiger charge is -2.17. The summed E-state index contributed by atoms with van der Waals surface area (Å²) in [5, 5.41) is 6.88. The molecule has 45 heavy (non-hydrogen) atoms. The van der Waals surface area contributed by atoms with Gasteiger partial charge in [0.1, 0.15) is 11.4 Å². The van der Waals surface area contributed by atoms with Gasteiger partial charge in [0.25, 0.3) is 11.8 Å². The standard InChI is InChI=1S/C33H27ClF3N3O4S/c1-20(30(41)39-27-17-12-23(34)19-26(27)33(35,36)37)45-25-15-13-24(14-16-25)38-32(43)28(18-22-10-6-7-11-29(22)44-2)40-31(42)21-8-4-3-5-9-21/h3-20H,1-2H3,(H,38,43)(H,39,41)(H,40,42)/b28-18-. The Morgan fingerprint density at radius 2 is 1.56 bits per heavy atom. The molecule has 0 radical (unpaired) electrons. The Morgan fingerprint density at radius 3 is 2.22 bits per heavy atom. The van der Waals surface area contributed by atoms with E-state index in [1.165, 1.54) is 19.3 Å². The number of hydrogen-bond acceptors (Lipinski definition) is 5. The lowest BCUT2D eigenvalue weighted by molar-refractivity contribution is -0.137. The van der Waals surface area contributed by atoms with Crippen molar-refractivity contribution in [3.8, 4) is 5.75 Å². The van der Waals surface area contributed by atoms with Gasteiger partial charge < -0.3 is 20.7 Å². The van der Waals surface area contributed by atoms with Crippen LogP contribution in [-0.2, 0) is 15.8 Å². The van der Waals surface area contributed by atoms with Crippen LogP contribution in [0.15, 0.2) is 108 Å². The first-order valence-corrected chi connectivity index (χ1v) is 14.7. The number of carbonyl (C=O) groups excluding carboxylic acids is 3. The quantitative estimate of drug-likeness (QED) is 0.119. The van der Waals surface area contributed by atoms with Gasteiger partial charge in [-0.25, -0.2) is 0 Å². The molecule has 4 aromatic rings. The lowest BCUT2D eigenvalue weighted by atomic mass is 10.1. The van der Waals surface area contributed by atoms with E-state index < -0.39 is 40.4 Å². The SMILES string of the molecule is COc1ccccc1/C=C(\NC(=O)c1ccccc1)C(=O)Nc1ccc(SC(C)C(=O)Nc2ccc(Cl)cc2C(F)(F)F)cc1. The van der Waals surface area contributed by atoms with Gasteiger partial charge in [0.05, 0.1) is 23.6 Å². The molecule has 0 aliphatic rings. The van der Waals surface area contributed by atoms with Crippen LogP contribution in [0.3, 0.4) is 0 Å². The van der Waals surface area contributed by atoms with Gasteiger partial charge >= 0.3 is 6.18 Å². The molecule has 7 nitrogen and oxygen atoms in total. The van der Waals surface area contributed by atoms with Crippen LogP contribution in [0, 0.1) is 0 Å². The van der Waals surface area contributed by atoms with Gasteiger partial charge in [-0.2, -0.15) is 13.2 Å². The Labute approximate surface area is 266 Å². The van der Waals surface area contributed by atoms with Crippen LogP contribution in [0.1, 0.15) is 28.4 Å². The van der Waals surface area contributed by atoms with E-state index in [1.807, 2.05) is 0 Å². The normalized spacial score (nSPS) is 12.2. The first-order chi connectivity index (χ1) is 21.4. The molecule has 0 aliphatic heterocycles. The molecule has 0 spiro atoms. The average molecular weight is 654 g/mol. The van der Waals surface area contributed by atoms with Crippen molar-refractivity contribution in [2.24, 2.45) is 0 Å². The number of amides is 3. The number of ether oxygens (including phenoxy) is 1. The van der Waals surface area contributed by atoms with Crippen LogP contribution in [0.4, 0.5) is 24.5 Å². The molecule has 0 fully saturated rings. The van der Waals surface area contributed by atoms with Crippen molar-refractivity contribution in [3.05, 3.63) is 124 Å². The molecule has 3 amide bonds. The third-order valence-electron chi connectivity index (χ3n) is 6.31. The predicted molar refractivity (Wildman–Crippen MR) is 170 cm³/mol. The van der Waals surface area contributed by atoms with E-state index in [0.717, 1.165) is 23.9 Å². The zero-order valence-corrected chi connectivity index (χ0v) is 25.5. The van der Waals surface area contributed by atoms with Crippen LogP contribution in [0.5, 0.6) is 5.75 Å². The molecule has 4 aromatic carbocycles. The Balaban J connectivity index is 1.46. The van der Waals surface area contributed by atoms with E-state index in [4.69, 9.17) is 16.3 Å². The number of para-hydroxylation sites is 1. The average Bonchev–Trinajstić information content (AvgIpc) is 3.02.